The first-order valence-corrected chi connectivity index (χ1v) is 12.7. The highest BCUT2D eigenvalue weighted by Crippen LogP contribution is 2.23. The number of benzene rings is 1. The molecule has 3 heterocycles. The highest BCUT2D eigenvalue weighted by Gasteiger charge is 2.27. The predicted octanol–water partition coefficient (Wildman–Crippen LogP) is 3.36. The van der Waals surface area contributed by atoms with Crippen LogP contribution in [0.15, 0.2) is 65.0 Å². The molecule has 0 spiro atoms. The van der Waals surface area contributed by atoms with E-state index in [9.17, 15) is 13.2 Å². The molecule has 3 aromatic rings. The number of Topliss-reactive ketones (excluding diaryl/α,β-unsaturated/α-hetero) is 1. The second kappa shape index (κ2) is 9.91. The number of aromatic nitrogens is 1. The number of morpholine rings is 1. The van der Waals surface area contributed by atoms with Crippen molar-refractivity contribution < 1.29 is 17.9 Å². The van der Waals surface area contributed by atoms with Gasteiger partial charge in [0, 0.05) is 29.7 Å². The zero-order chi connectivity index (χ0) is 22.6. The number of anilines is 1. The summed E-state index contributed by atoms with van der Waals surface area (Å²) in [5.41, 5.74) is 1.34. The summed E-state index contributed by atoms with van der Waals surface area (Å²) >= 11 is 1.62. The molecule has 1 saturated heterocycles. The summed E-state index contributed by atoms with van der Waals surface area (Å²) in [5, 5.41) is 2.00. The van der Waals surface area contributed by atoms with Gasteiger partial charge in [0.25, 0.3) is 0 Å². The van der Waals surface area contributed by atoms with Crippen molar-refractivity contribution in [1.29, 1.82) is 0 Å². The van der Waals surface area contributed by atoms with Gasteiger partial charge in [0.2, 0.25) is 10.0 Å². The summed E-state index contributed by atoms with van der Waals surface area (Å²) in [6, 6.07) is 14.1. The zero-order valence-electron chi connectivity index (χ0n) is 17.8. The first-order chi connectivity index (χ1) is 15.4. The van der Waals surface area contributed by atoms with Gasteiger partial charge >= 0.3 is 0 Å². The minimum absolute atomic E-state index is 0.0941. The van der Waals surface area contributed by atoms with Crippen molar-refractivity contribution in [2.75, 3.05) is 37.7 Å². The Hall–Kier alpha value is -2.59. The minimum Gasteiger partial charge on any atom is -0.379 e. The Labute approximate surface area is 192 Å². The number of ketones is 1. The molecule has 0 atom stereocenters. The maximum absolute atomic E-state index is 13.2. The van der Waals surface area contributed by atoms with E-state index in [4.69, 9.17) is 4.74 Å². The highest BCUT2D eigenvalue weighted by molar-refractivity contribution is 7.89. The van der Waals surface area contributed by atoms with Crippen LogP contribution in [0.3, 0.4) is 0 Å². The highest BCUT2D eigenvalue weighted by atomic mass is 32.2. The third kappa shape index (κ3) is 5.07. The normalized spacial score (nSPS) is 14.9. The van der Waals surface area contributed by atoms with Crippen LogP contribution in [0.5, 0.6) is 0 Å². The van der Waals surface area contributed by atoms with Crippen molar-refractivity contribution >= 4 is 33.0 Å². The van der Waals surface area contributed by atoms with E-state index in [0.717, 1.165) is 16.3 Å². The molecule has 0 radical (unpaired) electrons. The third-order valence-corrected chi connectivity index (χ3v) is 8.06. The van der Waals surface area contributed by atoms with Crippen LogP contribution in [-0.4, -0.2) is 56.3 Å². The molecule has 0 N–H and O–H groups in total. The van der Waals surface area contributed by atoms with Gasteiger partial charge in [0.15, 0.2) is 5.78 Å². The van der Waals surface area contributed by atoms with Gasteiger partial charge in [-0.15, -0.1) is 11.3 Å². The van der Waals surface area contributed by atoms with Crippen molar-refractivity contribution in [2.45, 2.75) is 18.4 Å². The van der Waals surface area contributed by atoms with Crippen LogP contribution in [0.1, 0.15) is 20.8 Å². The monoisotopic (exact) mass is 471 g/mol. The second-order valence-electron chi connectivity index (χ2n) is 7.55. The molecule has 32 heavy (non-hydrogen) atoms. The Morgan fingerprint density at radius 2 is 1.97 bits per heavy atom. The van der Waals surface area contributed by atoms with Gasteiger partial charge in [-0.05, 0) is 42.1 Å². The molecule has 0 unspecified atom stereocenters. The van der Waals surface area contributed by atoms with Crippen molar-refractivity contribution in [3.8, 4) is 0 Å². The first-order valence-electron chi connectivity index (χ1n) is 10.4. The van der Waals surface area contributed by atoms with E-state index in [1.165, 1.54) is 16.4 Å². The fourth-order valence-electron chi connectivity index (χ4n) is 3.64. The number of nitrogens with zero attached hydrogens (tertiary/aromatic N) is 3. The Morgan fingerprint density at radius 1 is 1.16 bits per heavy atom. The summed E-state index contributed by atoms with van der Waals surface area (Å²) < 4.78 is 32.7. The number of ether oxygens (including phenoxy) is 1. The molecule has 7 nitrogen and oxygen atoms in total. The number of carbonyl (C=O) groups excluding carboxylic acids is 1. The van der Waals surface area contributed by atoms with Crippen LogP contribution in [0.2, 0.25) is 0 Å². The molecule has 1 aromatic carbocycles. The average Bonchev–Trinajstić information content (AvgIpc) is 3.33. The Bertz CT molecular complexity index is 1170. The third-order valence-electron chi connectivity index (χ3n) is 5.31. The molecule has 0 bridgehead atoms. The number of hydrogen-bond donors (Lipinski definition) is 0. The SMILES string of the molecule is Cc1cccnc1N(CC(=O)c1cccc(S(=O)(=O)N2CCOCC2)c1)Cc1cccs1. The van der Waals surface area contributed by atoms with Crippen LogP contribution in [-0.2, 0) is 21.3 Å². The van der Waals surface area contributed by atoms with Gasteiger partial charge in [-0.1, -0.05) is 24.3 Å². The lowest BCUT2D eigenvalue weighted by atomic mass is 10.1. The molecular weight excluding hydrogens is 446 g/mol. The molecule has 4 rings (SSSR count). The Kier molecular flexibility index (Phi) is 7.00. The van der Waals surface area contributed by atoms with E-state index >= 15 is 0 Å². The molecular formula is C23H25N3O4S2. The van der Waals surface area contributed by atoms with E-state index < -0.39 is 10.0 Å². The maximum atomic E-state index is 13.2. The molecule has 1 aliphatic rings. The molecule has 1 fully saturated rings. The molecule has 168 valence electrons. The predicted molar refractivity (Wildman–Crippen MR) is 125 cm³/mol. The fourth-order valence-corrected chi connectivity index (χ4v) is 5.81. The molecule has 2 aromatic heterocycles. The van der Waals surface area contributed by atoms with Crippen molar-refractivity contribution in [3.05, 3.63) is 76.1 Å². The van der Waals surface area contributed by atoms with Gasteiger partial charge in [-0.25, -0.2) is 13.4 Å². The standard InChI is InChI=1S/C23H25N3O4S2/c1-18-5-3-9-24-23(18)25(16-20-7-4-14-31-20)17-22(27)19-6-2-8-21(15-19)32(28,29)26-10-12-30-13-11-26/h2-9,14-15H,10-13,16-17H2,1H3. The average molecular weight is 472 g/mol. The van der Waals surface area contributed by atoms with Crippen LogP contribution >= 0.6 is 11.3 Å². The zero-order valence-corrected chi connectivity index (χ0v) is 19.4. The molecule has 0 aliphatic carbocycles. The summed E-state index contributed by atoms with van der Waals surface area (Å²) in [5.74, 6) is 0.581. The molecule has 1 aliphatic heterocycles. The van der Waals surface area contributed by atoms with Gasteiger partial charge < -0.3 is 9.64 Å². The van der Waals surface area contributed by atoms with E-state index in [1.807, 2.05) is 41.5 Å². The lowest BCUT2D eigenvalue weighted by Crippen LogP contribution is -2.40. The fraction of sp³-hybridized carbons (Fsp3) is 0.304. The van der Waals surface area contributed by atoms with Crippen molar-refractivity contribution in [1.82, 2.24) is 9.29 Å². The van der Waals surface area contributed by atoms with Crippen LogP contribution < -0.4 is 4.90 Å². The lowest BCUT2D eigenvalue weighted by molar-refractivity contribution is 0.0730. The Morgan fingerprint density at radius 3 is 2.69 bits per heavy atom. The van der Waals surface area contributed by atoms with Crippen LogP contribution in [0.25, 0.3) is 0 Å². The number of carbonyl (C=O) groups is 1. The van der Waals surface area contributed by atoms with Crippen molar-refractivity contribution in [2.24, 2.45) is 0 Å². The smallest absolute Gasteiger partial charge is 0.243 e. The summed E-state index contributed by atoms with van der Waals surface area (Å²) in [4.78, 5) is 20.9. The molecule has 0 saturated carbocycles. The van der Waals surface area contributed by atoms with Crippen LogP contribution in [0, 0.1) is 6.92 Å². The largest absolute Gasteiger partial charge is 0.379 e. The topological polar surface area (TPSA) is 79.8 Å². The number of hydrogen-bond acceptors (Lipinski definition) is 7. The number of sulfonamides is 1. The van der Waals surface area contributed by atoms with Gasteiger partial charge in [-0.3, -0.25) is 4.79 Å². The van der Waals surface area contributed by atoms with E-state index in [0.29, 0.717) is 38.4 Å². The second-order valence-corrected chi connectivity index (χ2v) is 10.5. The van der Waals surface area contributed by atoms with Crippen molar-refractivity contribution in [3.63, 3.8) is 0 Å². The van der Waals surface area contributed by atoms with Gasteiger partial charge in [0.05, 0.1) is 31.2 Å². The molecule has 9 heteroatoms. The summed E-state index contributed by atoms with van der Waals surface area (Å²) in [6.07, 6.45) is 1.71. The summed E-state index contributed by atoms with van der Waals surface area (Å²) in [6.45, 7) is 3.98. The Balaban J connectivity index is 1.58. The minimum atomic E-state index is -3.67. The van der Waals surface area contributed by atoms with Gasteiger partial charge in [0.1, 0.15) is 5.82 Å². The quantitative estimate of drug-likeness (QED) is 0.469. The summed E-state index contributed by atoms with van der Waals surface area (Å²) in [7, 11) is -3.67. The number of thiophene rings is 1. The molecule has 0 amide bonds. The lowest BCUT2D eigenvalue weighted by Gasteiger charge is -2.26. The van der Waals surface area contributed by atoms with E-state index in [2.05, 4.69) is 4.98 Å². The maximum Gasteiger partial charge on any atom is 0.243 e. The van der Waals surface area contributed by atoms with E-state index in [-0.39, 0.29) is 17.2 Å². The first kappa shape index (κ1) is 22.6. The van der Waals surface area contributed by atoms with Crippen LogP contribution in [0.4, 0.5) is 5.82 Å². The van der Waals surface area contributed by atoms with Gasteiger partial charge in [-0.2, -0.15) is 4.31 Å². The van der Waals surface area contributed by atoms with E-state index in [1.54, 1.807) is 29.7 Å². The number of rotatable bonds is 8. The number of aryl methyl sites for hydroxylation is 1. The number of pyridine rings is 1.